The Hall–Kier alpha value is -0.160. The second-order valence-corrected chi connectivity index (χ2v) is 5.19. The summed E-state index contributed by atoms with van der Waals surface area (Å²) < 4.78 is 5.43. The number of hydrogen-bond acceptors (Lipinski definition) is 4. The summed E-state index contributed by atoms with van der Waals surface area (Å²) in [7, 11) is 1.79. The highest BCUT2D eigenvalue weighted by atomic mass is 16.5. The molecule has 0 spiro atoms. The number of piperazine rings is 1. The van der Waals surface area contributed by atoms with Crippen LogP contribution in [0.2, 0.25) is 0 Å². The van der Waals surface area contributed by atoms with Crippen LogP contribution in [0, 0.1) is 0 Å². The fourth-order valence-corrected chi connectivity index (χ4v) is 1.95. The average Bonchev–Trinajstić information content (AvgIpc) is 2.29. The van der Waals surface area contributed by atoms with E-state index in [1.165, 1.54) is 13.1 Å². The summed E-state index contributed by atoms with van der Waals surface area (Å²) in [6, 6.07) is 0. The normalized spacial score (nSPS) is 20.2. The molecule has 96 valence electrons. The molecule has 0 aliphatic carbocycles. The second kappa shape index (κ2) is 6.55. The van der Waals surface area contributed by atoms with Gasteiger partial charge in [-0.25, -0.2) is 0 Å². The minimum absolute atomic E-state index is 0.00833. The first-order valence-electron chi connectivity index (χ1n) is 6.27. The predicted octanol–water partition coefficient (Wildman–Crippen LogP) is 0.378. The second-order valence-electron chi connectivity index (χ2n) is 5.19. The van der Waals surface area contributed by atoms with Crippen LogP contribution >= 0.6 is 0 Å². The summed E-state index contributed by atoms with van der Waals surface area (Å²) >= 11 is 0. The molecule has 1 rings (SSSR count). The van der Waals surface area contributed by atoms with Crippen molar-refractivity contribution in [3.63, 3.8) is 0 Å². The lowest BCUT2D eigenvalue weighted by Gasteiger charge is -2.36. The van der Waals surface area contributed by atoms with Crippen molar-refractivity contribution >= 4 is 0 Å². The Morgan fingerprint density at radius 2 is 1.56 bits per heavy atom. The summed E-state index contributed by atoms with van der Waals surface area (Å²) in [5.41, 5.74) is 5.56. The molecule has 0 saturated carbocycles. The maximum atomic E-state index is 5.56. The van der Waals surface area contributed by atoms with Crippen molar-refractivity contribution in [2.45, 2.75) is 25.9 Å². The van der Waals surface area contributed by atoms with Crippen LogP contribution in [0.5, 0.6) is 0 Å². The fourth-order valence-electron chi connectivity index (χ4n) is 1.95. The molecule has 1 heterocycles. The Morgan fingerprint density at radius 3 is 2.00 bits per heavy atom. The summed E-state index contributed by atoms with van der Waals surface area (Å²) in [6.45, 7) is 11.9. The van der Waals surface area contributed by atoms with E-state index in [0.717, 1.165) is 39.1 Å². The van der Waals surface area contributed by atoms with E-state index in [2.05, 4.69) is 23.6 Å². The van der Waals surface area contributed by atoms with E-state index in [-0.39, 0.29) is 5.60 Å². The number of rotatable bonds is 6. The van der Waals surface area contributed by atoms with Gasteiger partial charge in [0.05, 0.1) is 5.60 Å². The predicted molar refractivity (Wildman–Crippen MR) is 67.6 cm³/mol. The van der Waals surface area contributed by atoms with Crippen molar-refractivity contribution in [2.75, 3.05) is 52.9 Å². The van der Waals surface area contributed by atoms with Crippen LogP contribution in [0.25, 0.3) is 0 Å². The minimum Gasteiger partial charge on any atom is -0.379 e. The highest BCUT2D eigenvalue weighted by molar-refractivity contribution is 4.75. The van der Waals surface area contributed by atoms with Crippen molar-refractivity contribution in [3.05, 3.63) is 0 Å². The van der Waals surface area contributed by atoms with Gasteiger partial charge in [-0.1, -0.05) is 0 Å². The van der Waals surface area contributed by atoms with E-state index in [4.69, 9.17) is 10.5 Å². The maximum Gasteiger partial charge on any atom is 0.0634 e. The lowest BCUT2D eigenvalue weighted by atomic mass is 10.0. The van der Waals surface area contributed by atoms with Gasteiger partial charge in [0.1, 0.15) is 0 Å². The van der Waals surface area contributed by atoms with Crippen LogP contribution in [0.3, 0.4) is 0 Å². The number of ether oxygens (including phenoxy) is 1. The third-order valence-corrected chi connectivity index (χ3v) is 3.49. The number of nitrogens with two attached hydrogens (primary N) is 1. The van der Waals surface area contributed by atoms with Crippen LogP contribution in [0.1, 0.15) is 20.3 Å². The molecule has 1 aliphatic heterocycles. The zero-order valence-corrected chi connectivity index (χ0v) is 11.0. The highest BCUT2D eigenvalue weighted by Gasteiger charge is 2.20. The lowest BCUT2D eigenvalue weighted by molar-refractivity contribution is 0.00344. The van der Waals surface area contributed by atoms with E-state index < -0.39 is 0 Å². The first-order valence-corrected chi connectivity index (χ1v) is 6.27. The van der Waals surface area contributed by atoms with Gasteiger partial charge in [-0.2, -0.15) is 0 Å². The molecule has 4 nitrogen and oxygen atoms in total. The van der Waals surface area contributed by atoms with Gasteiger partial charge in [0.2, 0.25) is 0 Å². The van der Waals surface area contributed by atoms with Crippen LogP contribution in [0.15, 0.2) is 0 Å². The number of nitrogens with zero attached hydrogens (tertiary/aromatic N) is 2. The van der Waals surface area contributed by atoms with Gasteiger partial charge >= 0.3 is 0 Å². The molecule has 1 saturated heterocycles. The van der Waals surface area contributed by atoms with Crippen molar-refractivity contribution in [2.24, 2.45) is 5.73 Å². The molecule has 2 N–H and O–H groups in total. The quantitative estimate of drug-likeness (QED) is 0.715. The van der Waals surface area contributed by atoms with Crippen LogP contribution in [0.4, 0.5) is 0 Å². The van der Waals surface area contributed by atoms with E-state index in [9.17, 15) is 0 Å². The summed E-state index contributed by atoms with van der Waals surface area (Å²) in [5.74, 6) is 0. The first kappa shape index (κ1) is 13.9. The molecule has 0 atom stereocenters. The zero-order valence-electron chi connectivity index (χ0n) is 11.0. The summed E-state index contributed by atoms with van der Waals surface area (Å²) in [5, 5.41) is 0. The molecule has 16 heavy (non-hydrogen) atoms. The van der Waals surface area contributed by atoms with Crippen LogP contribution in [-0.2, 0) is 4.74 Å². The molecule has 0 aromatic rings. The standard InChI is InChI=1S/C12H27N3O/c1-12(2,16-3)4-6-14-8-10-15(7-5-13)11-9-14/h4-11,13H2,1-3H3. The van der Waals surface area contributed by atoms with Gasteiger partial charge in [-0.3, -0.25) is 4.90 Å². The minimum atomic E-state index is 0.00833. The highest BCUT2D eigenvalue weighted by Crippen LogP contribution is 2.14. The zero-order chi connectivity index (χ0) is 12.0. The molecule has 4 heteroatoms. The molecule has 1 fully saturated rings. The van der Waals surface area contributed by atoms with Gasteiger partial charge in [0, 0.05) is 52.9 Å². The van der Waals surface area contributed by atoms with Gasteiger partial charge in [0.15, 0.2) is 0 Å². The van der Waals surface area contributed by atoms with Gasteiger partial charge in [0.25, 0.3) is 0 Å². The molecule has 0 amide bonds. The molecule has 1 aliphatic rings. The lowest BCUT2D eigenvalue weighted by Crippen LogP contribution is -2.48. The molecule has 0 aromatic carbocycles. The summed E-state index contributed by atoms with van der Waals surface area (Å²) in [4.78, 5) is 4.96. The monoisotopic (exact) mass is 229 g/mol. The van der Waals surface area contributed by atoms with Crippen molar-refractivity contribution < 1.29 is 4.74 Å². The Kier molecular flexibility index (Phi) is 5.69. The van der Waals surface area contributed by atoms with E-state index >= 15 is 0 Å². The maximum absolute atomic E-state index is 5.56. The molecule has 0 aromatic heterocycles. The Bertz CT molecular complexity index is 189. The first-order chi connectivity index (χ1) is 7.57. The van der Waals surface area contributed by atoms with Crippen molar-refractivity contribution in [1.29, 1.82) is 0 Å². The Balaban J connectivity index is 2.17. The van der Waals surface area contributed by atoms with E-state index in [1.807, 2.05) is 0 Å². The van der Waals surface area contributed by atoms with E-state index in [0.29, 0.717) is 0 Å². The largest absolute Gasteiger partial charge is 0.379 e. The topological polar surface area (TPSA) is 41.7 Å². The Morgan fingerprint density at radius 1 is 1.06 bits per heavy atom. The molecule has 0 bridgehead atoms. The van der Waals surface area contributed by atoms with Crippen molar-refractivity contribution in [3.8, 4) is 0 Å². The average molecular weight is 229 g/mol. The third kappa shape index (κ3) is 4.78. The molecule has 0 radical (unpaired) electrons. The van der Waals surface area contributed by atoms with Gasteiger partial charge < -0.3 is 15.4 Å². The van der Waals surface area contributed by atoms with Crippen molar-refractivity contribution in [1.82, 2.24) is 9.80 Å². The molecular formula is C12H27N3O. The fraction of sp³-hybridized carbons (Fsp3) is 1.00. The SMILES string of the molecule is COC(C)(C)CCN1CCN(CCN)CC1. The molecular weight excluding hydrogens is 202 g/mol. The van der Waals surface area contributed by atoms with Gasteiger partial charge in [-0.15, -0.1) is 0 Å². The van der Waals surface area contributed by atoms with Gasteiger partial charge in [-0.05, 0) is 20.3 Å². The number of hydrogen-bond donors (Lipinski definition) is 1. The van der Waals surface area contributed by atoms with E-state index in [1.54, 1.807) is 7.11 Å². The van der Waals surface area contributed by atoms with Crippen LogP contribution in [-0.4, -0.2) is 68.3 Å². The number of methoxy groups -OCH3 is 1. The smallest absolute Gasteiger partial charge is 0.0634 e. The summed E-state index contributed by atoms with van der Waals surface area (Å²) in [6.07, 6.45) is 1.10. The van der Waals surface area contributed by atoms with Crippen LogP contribution < -0.4 is 5.73 Å². The Labute approximate surface area is 99.7 Å². The third-order valence-electron chi connectivity index (χ3n) is 3.49. The molecule has 0 unspecified atom stereocenters.